The SMILES string of the molecule is Cc1sc2ncn(C(C(=O)O)C3CC3)c(=O)c2c1C. The van der Waals surface area contributed by atoms with Crippen molar-refractivity contribution in [3.05, 3.63) is 27.1 Å². The summed E-state index contributed by atoms with van der Waals surface area (Å²) < 4.78 is 1.29. The average molecular weight is 278 g/mol. The molecule has 2 aromatic heterocycles. The van der Waals surface area contributed by atoms with Gasteiger partial charge in [-0.25, -0.2) is 9.78 Å². The number of rotatable bonds is 3. The predicted octanol–water partition coefficient (Wildman–Crippen LogP) is 2.11. The third-order valence-electron chi connectivity index (χ3n) is 3.74. The number of hydrogen-bond donors (Lipinski definition) is 1. The van der Waals surface area contributed by atoms with Crippen LogP contribution in [-0.4, -0.2) is 20.6 Å². The second-order valence-electron chi connectivity index (χ2n) is 5.04. The van der Waals surface area contributed by atoms with E-state index in [0.717, 1.165) is 23.3 Å². The van der Waals surface area contributed by atoms with E-state index in [-0.39, 0.29) is 11.5 Å². The predicted molar refractivity (Wildman–Crippen MR) is 72.8 cm³/mol. The molecule has 6 heteroatoms. The number of carboxylic acid groups (broad SMARTS) is 1. The minimum absolute atomic E-state index is 0.0643. The maximum Gasteiger partial charge on any atom is 0.327 e. The smallest absolute Gasteiger partial charge is 0.327 e. The molecule has 0 saturated heterocycles. The molecule has 5 nitrogen and oxygen atoms in total. The van der Waals surface area contributed by atoms with Crippen LogP contribution >= 0.6 is 11.3 Å². The van der Waals surface area contributed by atoms with Gasteiger partial charge in [0.25, 0.3) is 5.56 Å². The highest BCUT2D eigenvalue weighted by Gasteiger charge is 2.38. The number of aliphatic carboxylic acids is 1. The molecule has 19 heavy (non-hydrogen) atoms. The number of aryl methyl sites for hydroxylation is 2. The molecule has 0 aromatic carbocycles. The first-order valence-corrected chi connectivity index (χ1v) is 7.02. The number of hydrogen-bond acceptors (Lipinski definition) is 4. The minimum atomic E-state index is -0.949. The first kappa shape index (κ1) is 12.3. The lowest BCUT2D eigenvalue weighted by molar-refractivity contribution is -0.141. The lowest BCUT2D eigenvalue weighted by Gasteiger charge is -2.14. The molecule has 1 saturated carbocycles. The van der Waals surface area contributed by atoms with Gasteiger partial charge in [0.1, 0.15) is 10.9 Å². The summed E-state index contributed by atoms with van der Waals surface area (Å²) >= 11 is 1.47. The molecule has 1 aliphatic carbocycles. The highest BCUT2D eigenvalue weighted by atomic mass is 32.1. The average Bonchev–Trinajstić information content (AvgIpc) is 3.11. The highest BCUT2D eigenvalue weighted by Crippen LogP contribution is 2.39. The van der Waals surface area contributed by atoms with E-state index >= 15 is 0 Å². The number of nitrogens with zero attached hydrogens (tertiary/aromatic N) is 2. The lowest BCUT2D eigenvalue weighted by atomic mass is 10.1. The third-order valence-corrected chi connectivity index (χ3v) is 4.85. The Morgan fingerprint density at radius 2 is 2.21 bits per heavy atom. The van der Waals surface area contributed by atoms with Crippen LogP contribution < -0.4 is 5.56 Å². The minimum Gasteiger partial charge on any atom is -0.480 e. The molecule has 1 fully saturated rings. The van der Waals surface area contributed by atoms with Gasteiger partial charge >= 0.3 is 5.97 Å². The van der Waals surface area contributed by atoms with Gasteiger partial charge in [0.2, 0.25) is 0 Å². The van der Waals surface area contributed by atoms with Crippen LogP contribution in [-0.2, 0) is 4.79 Å². The molecule has 0 amide bonds. The largest absolute Gasteiger partial charge is 0.480 e. The van der Waals surface area contributed by atoms with Crippen LogP contribution in [0.2, 0.25) is 0 Å². The van der Waals surface area contributed by atoms with Crippen molar-refractivity contribution in [1.29, 1.82) is 0 Å². The van der Waals surface area contributed by atoms with Gasteiger partial charge in [0.15, 0.2) is 0 Å². The molecule has 1 aliphatic rings. The standard InChI is InChI=1S/C13H14N2O3S/c1-6-7(2)19-11-9(6)12(16)15(5-14-11)10(13(17)18)8-3-4-8/h5,8,10H,3-4H2,1-2H3,(H,17,18). The zero-order valence-electron chi connectivity index (χ0n) is 10.7. The van der Waals surface area contributed by atoms with Crippen LogP contribution in [0, 0.1) is 19.8 Å². The Hall–Kier alpha value is -1.69. The molecule has 1 N–H and O–H groups in total. The molecule has 3 rings (SSSR count). The van der Waals surface area contributed by atoms with Crippen LogP contribution in [0.4, 0.5) is 0 Å². The Morgan fingerprint density at radius 3 is 2.79 bits per heavy atom. The molecular formula is C13H14N2O3S. The Morgan fingerprint density at radius 1 is 1.53 bits per heavy atom. The molecule has 0 radical (unpaired) electrons. The van der Waals surface area contributed by atoms with Gasteiger partial charge in [-0.3, -0.25) is 9.36 Å². The normalized spacial score (nSPS) is 16.7. The molecule has 0 bridgehead atoms. The van der Waals surface area contributed by atoms with Crippen molar-refractivity contribution < 1.29 is 9.90 Å². The second kappa shape index (κ2) is 4.16. The Bertz CT molecular complexity index is 727. The maximum atomic E-state index is 12.5. The van der Waals surface area contributed by atoms with Crippen LogP contribution in [0.15, 0.2) is 11.1 Å². The van der Waals surface area contributed by atoms with E-state index < -0.39 is 12.0 Å². The van der Waals surface area contributed by atoms with E-state index in [2.05, 4.69) is 4.98 Å². The fraction of sp³-hybridized carbons (Fsp3) is 0.462. The van der Waals surface area contributed by atoms with E-state index in [0.29, 0.717) is 10.2 Å². The van der Waals surface area contributed by atoms with Crippen LogP contribution in [0.5, 0.6) is 0 Å². The first-order valence-electron chi connectivity index (χ1n) is 6.20. The zero-order chi connectivity index (χ0) is 13.7. The van der Waals surface area contributed by atoms with E-state index in [9.17, 15) is 14.7 Å². The van der Waals surface area contributed by atoms with E-state index in [4.69, 9.17) is 0 Å². The molecule has 0 spiro atoms. The molecular weight excluding hydrogens is 264 g/mol. The van der Waals surface area contributed by atoms with Gasteiger partial charge in [0.05, 0.1) is 11.7 Å². The first-order chi connectivity index (χ1) is 9.00. The second-order valence-corrected chi connectivity index (χ2v) is 6.24. The number of fused-ring (bicyclic) bond motifs is 1. The van der Waals surface area contributed by atoms with E-state index in [1.807, 2.05) is 13.8 Å². The monoisotopic (exact) mass is 278 g/mol. The molecule has 2 heterocycles. The van der Waals surface area contributed by atoms with Crippen molar-refractivity contribution >= 4 is 27.5 Å². The van der Waals surface area contributed by atoms with Crippen molar-refractivity contribution in [2.45, 2.75) is 32.7 Å². The summed E-state index contributed by atoms with van der Waals surface area (Å²) in [5.41, 5.74) is 0.679. The summed E-state index contributed by atoms with van der Waals surface area (Å²) in [4.78, 5) is 29.9. The summed E-state index contributed by atoms with van der Waals surface area (Å²) in [5.74, 6) is -0.884. The summed E-state index contributed by atoms with van der Waals surface area (Å²) in [6, 6.07) is -0.774. The van der Waals surface area contributed by atoms with Crippen molar-refractivity contribution in [2.24, 2.45) is 5.92 Å². The Labute approximate surface area is 113 Å². The number of thiophene rings is 1. The summed E-state index contributed by atoms with van der Waals surface area (Å²) in [5, 5.41) is 9.89. The molecule has 1 atom stereocenters. The van der Waals surface area contributed by atoms with Crippen molar-refractivity contribution in [1.82, 2.24) is 9.55 Å². The molecule has 0 aliphatic heterocycles. The highest BCUT2D eigenvalue weighted by molar-refractivity contribution is 7.18. The topological polar surface area (TPSA) is 72.2 Å². The zero-order valence-corrected chi connectivity index (χ0v) is 11.5. The molecule has 1 unspecified atom stereocenters. The number of carbonyl (C=O) groups is 1. The molecule has 100 valence electrons. The van der Waals surface area contributed by atoms with Crippen LogP contribution in [0.25, 0.3) is 10.2 Å². The van der Waals surface area contributed by atoms with Gasteiger partial charge in [-0.1, -0.05) is 0 Å². The lowest BCUT2D eigenvalue weighted by Crippen LogP contribution is -2.31. The summed E-state index contributed by atoms with van der Waals surface area (Å²) in [6.07, 6.45) is 3.11. The third kappa shape index (κ3) is 1.87. The number of aromatic nitrogens is 2. The van der Waals surface area contributed by atoms with Gasteiger partial charge in [0, 0.05) is 4.88 Å². The van der Waals surface area contributed by atoms with E-state index in [1.165, 1.54) is 22.2 Å². The van der Waals surface area contributed by atoms with Gasteiger partial charge in [-0.2, -0.15) is 0 Å². The van der Waals surface area contributed by atoms with Crippen molar-refractivity contribution in [3.63, 3.8) is 0 Å². The fourth-order valence-electron chi connectivity index (χ4n) is 2.41. The van der Waals surface area contributed by atoms with Gasteiger partial charge in [-0.05, 0) is 38.2 Å². The fourth-order valence-corrected chi connectivity index (χ4v) is 3.39. The van der Waals surface area contributed by atoms with Crippen LogP contribution in [0.3, 0.4) is 0 Å². The quantitative estimate of drug-likeness (QED) is 0.933. The van der Waals surface area contributed by atoms with Crippen LogP contribution in [0.1, 0.15) is 29.3 Å². The van der Waals surface area contributed by atoms with Gasteiger partial charge < -0.3 is 5.11 Å². The van der Waals surface area contributed by atoms with Gasteiger partial charge in [-0.15, -0.1) is 11.3 Å². The maximum absolute atomic E-state index is 12.5. The summed E-state index contributed by atoms with van der Waals surface area (Å²) in [6.45, 7) is 3.83. The Kier molecular flexibility index (Phi) is 2.70. The number of carboxylic acids is 1. The summed E-state index contributed by atoms with van der Waals surface area (Å²) in [7, 11) is 0. The van der Waals surface area contributed by atoms with Crippen molar-refractivity contribution in [2.75, 3.05) is 0 Å². The molecule has 2 aromatic rings. The van der Waals surface area contributed by atoms with E-state index in [1.54, 1.807) is 0 Å². The van der Waals surface area contributed by atoms with Crippen molar-refractivity contribution in [3.8, 4) is 0 Å². The Balaban J connectivity index is 2.24.